The summed E-state index contributed by atoms with van der Waals surface area (Å²) in [6.07, 6.45) is 6.27. The number of thiazole rings is 1. The Morgan fingerprint density at radius 2 is 2.18 bits per heavy atom. The summed E-state index contributed by atoms with van der Waals surface area (Å²) in [5.74, 6) is 0.555. The van der Waals surface area contributed by atoms with Crippen molar-refractivity contribution >= 4 is 23.2 Å². The van der Waals surface area contributed by atoms with Crippen LogP contribution in [0.5, 0.6) is 5.88 Å². The average molecular weight is 404 g/mol. The van der Waals surface area contributed by atoms with Crippen LogP contribution in [-0.2, 0) is 4.79 Å². The number of hydrogen-bond donors (Lipinski definition) is 1. The van der Waals surface area contributed by atoms with Gasteiger partial charge in [0.2, 0.25) is 11.8 Å². The molecule has 2 amide bonds. The third-order valence-corrected chi connectivity index (χ3v) is 5.59. The number of carbonyl (C=O) groups is 2. The fourth-order valence-electron chi connectivity index (χ4n) is 2.97. The zero-order valence-corrected chi connectivity index (χ0v) is 17.2. The Kier molecular flexibility index (Phi) is 6.56. The Hall–Kier alpha value is -2.55. The lowest BCUT2D eigenvalue weighted by molar-refractivity contribution is -0.128. The SMILES string of the molecule is CCOc1cncc(-c2cnc(C(=O)N[C@@H](CN3CCCC3=O)C(C)C)s2)n1. The largest absolute Gasteiger partial charge is 0.477 e. The van der Waals surface area contributed by atoms with Crippen LogP contribution in [0.25, 0.3) is 10.6 Å². The number of hydrogen-bond acceptors (Lipinski definition) is 7. The summed E-state index contributed by atoms with van der Waals surface area (Å²) in [5.41, 5.74) is 0.616. The van der Waals surface area contributed by atoms with Crippen molar-refractivity contribution in [3.63, 3.8) is 0 Å². The van der Waals surface area contributed by atoms with E-state index in [2.05, 4.69) is 20.3 Å². The van der Waals surface area contributed by atoms with Gasteiger partial charge in [-0.05, 0) is 19.3 Å². The van der Waals surface area contributed by atoms with E-state index >= 15 is 0 Å². The monoisotopic (exact) mass is 403 g/mol. The fourth-order valence-corrected chi connectivity index (χ4v) is 3.74. The molecule has 150 valence electrons. The lowest BCUT2D eigenvalue weighted by Crippen LogP contribution is -2.47. The average Bonchev–Trinajstić information content (AvgIpc) is 3.31. The molecule has 9 heteroatoms. The van der Waals surface area contributed by atoms with Gasteiger partial charge in [-0.25, -0.2) is 9.97 Å². The summed E-state index contributed by atoms with van der Waals surface area (Å²) in [5, 5.41) is 3.39. The minimum absolute atomic E-state index is 0.122. The summed E-state index contributed by atoms with van der Waals surface area (Å²) < 4.78 is 5.37. The first-order chi connectivity index (χ1) is 13.5. The number of likely N-dealkylation sites (tertiary alicyclic amines) is 1. The van der Waals surface area contributed by atoms with Gasteiger partial charge in [0.1, 0.15) is 5.69 Å². The van der Waals surface area contributed by atoms with Gasteiger partial charge < -0.3 is 15.0 Å². The van der Waals surface area contributed by atoms with Crippen molar-refractivity contribution in [2.75, 3.05) is 19.7 Å². The zero-order valence-electron chi connectivity index (χ0n) is 16.3. The minimum atomic E-state index is -0.240. The van der Waals surface area contributed by atoms with Crippen molar-refractivity contribution < 1.29 is 14.3 Å². The van der Waals surface area contributed by atoms with Crippen molar-refractivity contribution in [3.05, 3.63) is 23.6 Å². The van der Waals surface area contributed by atoms with Crippen molar-refractivity contribution in [2.24, 2.45) is 5.92 Å². The highest BCUT2D eigenvalue weighted by molar-refractivity contribution is 7.16. The van der Waals surface area contributed by atoms with Gasteiger partial charge in [-0.2, -0.15) is 0 Å². The highest BCUT2D eigenvalue weighted by atomic mass is 32.1. The van der Waals surface area contributed by atoms with Gasteiger partial charge in [-0.1, -0.05) is 13.8 Å². The van der Waals surface area contributed by atoms with Crippen LogP contribution in [0.4, 0.5) is 0 Å². The van der Waals surface area contributed by atoms with Gasteiger partial charge in [-0.15, -0.1) is 11.3 Å². The molecular weight excluding hydrogens is 378 g/mol. The molecule has 3 heterocycles. The van der Waals surface area contributed by atoms with Gasteiger partial charge in [0, 0.05) is 31.7 Å². The van der Waals surface area contributed by atoms with Crippen LogP contribution in [0, 0.1) is 5.92 Å². The number of carbonyl (C=O) groups excluding carboxylic acids is 2. The maximum atomic E-state index is 12.7. The van der Waals surface area contributed by atoms with Gasteiger partial charge in [0.15, 0.2) is 5.01 Å². The molecule has 8 nitrogen and oxygen atoms in total. The topological polar surface area (TPSA) is 97.3 Å². The van der Waals surface area contributed by atoms with Crippen molar-refractivity contribution in [2.45, 2.75) is 39.7 Å². The van der Waals surface area contributed by atoms with Gasteiger partial charge >= 0.3 is 0 Å². The third-order valence-electron chi connectivity index (χ3n) is 4.57. The van der Waals surface area contributed by atoms with Crippen molar-refractivity contribution in [1.82, 2.24) is 25.2 Å². The summed E-state index contributed by atoms with van der Waals surface area (Å²) in [6.45, 7) is 7.74. The van der Waals surface area contributed by atoms with Gasteiger partial charge in [-0.3, -0.25) is 14.6 Å². The van der Waals surface area contributed by atoms with Crippen LogP contribution in [0.3, 0.4) is 0 Å². The molecule has 3 rings (SSSR count). The number of rotatable bonds is 8. The second kappa shape index (κ2) is 9.09. The van der Waals surface area contributed by atoms with Crippen LogP contribution in [0.2, 0.25) is 0 Å². The standard InChI is InChI=1S/C19H25N5O3S/c1-4-27-16-10-20-8-13(22-16)15-9-21-19(28-15)18(26)23-14(12(2)3)11-24-7-5-6-17(24)25/h8-10,12,14H,4-7,11H2,1-3H3,(H,23,26)/t14-/m0/s1. The molecule has 0 spiro atoms. The van der Waals surface area contributed by atoms with E-state index in [1.807, 2.05) is 25.7 Å². The number of nitrogens with zero attached hydrogens (tertiary/aromatic N) is 4. The lowest BCUT2D eigenvalue weighted by atomic mass is 10.0. The van der Waals surface area contributed by atoms with E-state index in [4.69, 9.17) is 4.74 Å². The molecule has 2 aromatic rings. The minimum Gasteiger partial charge on any atom is -0.477 e. The molecular formula is C19H25N5O3S. The smallest absolute Gasteiger partial charge is 0.280 e. The Morgan fingerprint density at radius 3 is 2.86 bits per heavy atom. The van der Waals surface area contributed by atoms with E-state index in [-0.39, 0.29) is 23.8 Å². The predicted molar refractivity (Wildman–Crippen MR) is 106 cm³/mol. The third kappa shape index (κ3) is 4.83. The van der Waals surface area contributed by atoms with Gasteiger partial charge in [0.05, 0.1) is 23.9 Å². The van der Waals surface area contributed by atoms with Crippen molar-refractivity contribution in [1.29, 1.82) is 0 Å². The van der Waals surface area contributed by atoms with Crippen molar-refractivity contribution in [3.8, 4) is 16.5 Å². The molecule has 0 bridgehead atoms. The quantitative estimate of drug-likeness (QED) is 0.727. The number of ether oxygens (including phenoxy) is 1. The summed E-state index contributed by atoms with van der Waals surface area (Å²) in [7, 11) is 0. The highest BCUT2D eigenvalue weighted by Crippen LogP contribution is 2.25. The summed E-state index contributed by atoms with van der Waals surface area (Å²) in [4.78, 5) is 39.9. The van der Waals surface area contributed by atoms with Crippen LogP contribution in [0.15, 0.2) is 18.6 Å². The van der Waals surface area contributed by atoms with E-state index in [1.54, 1.807) is 18.6 Å². The van der Waals surface area contributed by atoms with Crippen LogP contribution < -0.4 is 10.1 Å². The maximum Gasteiger partial charge on any atom is 0.280 e. The molecule has 28 heavy (non-hydrogen) atoms. The van der Waals surface area contributed by atoms with E-state index in [9.17, 15) is 9.59 Å². The molecule has 0 unspecified atom stereocenters. The van der Waals surface area contributed by atoms with E-state index in [0.29, 0.717) is 36.2 Å². The highest BCUT2D eigenvalue weighted by Gasteiger charge is 2.27. The molecule has 0 radical (unpaired) electrons. The normalized spacial score (nSPS) is 15.1. The summed E-state index contributed by atoms with van der Waals surface area (Å²) in [6, 6.07) is -0.122. The molecule has 1 aliphatic heterocycles. The molecule has 1 fully saturated rings. The lowest BCUT2D eigenvalue weighted by Gasteiger charge is -2.27. The zero-order chi connectivity index (χ0) is 20.1. The molecule has 1 N–H and O–H groups in total. The Balaban J connectivity index is 1.68. The Labute approximate surface area is 168 Å². The maximum absolute atomic E-state index is 12.7. The van der Waals surface area contributed by atoms with Crippen LogP contribution in [0.1, 0.15) is 43.4 Å². The molecule has 1 atom stereocenters. The first-order valence-electron chi connectivity index (χ1n) is 9.47. The molecule has 0 saturated carbocycles. The predicted octanol–water partition coefficient (Wildman–Crippen LogP) is 2.38. The molecule has 0 aliphatic carbocycles. The number of amides is 2. The van der Waals surface area contributed by atoms with E-state index < -0.39 is 0 Å². The first kappa shape index (κ1) is 20.2. The van der Waals surface area contributed by atoms with Gasteiger partial charge in [0.25, 0.3) is 5.91 Å². The number of nitrogens with one attached hydrogen (secondary N) is 1. The first-order valence-corrected chi connectivity index (χ1v) is 10.3. The van der Waals surface area contributed by atoms with E-state index in [1.165, 1.54) is 11.3 Å². The second-order valence-electron chi connectivity index (χ2n) is 6.97. The molecule has 1 aliphatic rings. The van der Waals surface area contributed by atoms with E-state index in [0.717, 1.165) is 17.8 Å². The molecule has 2 aromatic heterocycles. The summed E-state index contributed by atoms with van der Waals surface area (Å²) >= 11 is 1.26. The Bertz CT molecular complexity index is 838. The van der Waals surface area contributed by atoms with Crippen LogP contribution >= 0.6 is 11.3 Å². The molecule has 0 aromatic carbocycles. The van der Waals surface area contributed by atoms with Crippen LogP contribution in [-0.4, -0.2) is 57.4 Å². The Morgan fingerprint density at radius 1 is 1.36 bits per heavy atom. The second-order valence-corrected chi connectivity index (χ2v) is 8.00. The fraction of sp³-hybridized carbons (Fsp3) is 0.526. The number of aromatic nitrogens is 3. The molecule has 1 saturated heterocycles.